The third kappa shape index (κ3) is 2.38. The second-order valence-corrected chi connectivity index (χ2v) is 7.00. The molecule has 0 unspecified atom stereocenters. The van der Waals surface area contributed by atoms with Crippen LogP contribution in [0.4, 0.5) is 5.69 Å². The number of carboxylic acids is 1. The molecular weight excluding hydrogens is 372 g/mol. The highest BCUT2D eigenvalue weighted by Gasteiger charge is 2.27. The highest BCUT2D eigenvalue weighted by Crippen LogP contribution is 2.36. The Hall–Kier alpha value is -2.34. The second kappa shape index (κ2) is 5.63. The maximum absolute atomic E-state index is 12.3. The van der Waals surface area contributed by atoms with Crippen LogP contribution >= 0.6 is 15.9 Å². The molecule has 5 nitrogen and oxygen atoms in total. The number of H-pyrrole nitrogens is 1. The lowest BCUT2D eigenvalue weighted by Crippen LogP contribution is -2.06. The lowest BCUT2D eigenvalue weighted by atomic mass is 9.91. The largest absolute Gasteiger partial charge is 0.477 e. The van der Waals surface area contributed by atoms with Gasteiger partial charge in [0.25, 0.3) is 5.91 Å². The lowest BCUT2D eigenvalue weighted by Gasteiger charge is -2.12. The molecule has 0 saturated carbocycles. The molecule has 2 heterocycles. The minimum atomic E-state index is -0.946. The monoisotopic (exact) mass is 386 g/mol. The molecule has 0 radical (unpaired) electrons. The number of carboxylic acid groups (broad SMARTS) is 1. The smallest absolute Gasteiger partial charge is 0.352 e. The van der Waals surface area contributed by atoms with Gasteiger partial charge in [-0.05, 0) is 55.0 Å². The van der Waals surface area contributed by atoms with Crippen molar-refractivity contribution in [1.82, 2.24) is 4.98 Å². The van der Waals surface area contributed by atoms with Crippen LogP contribution in [0.1, 0.15) is 45.7 Å². The van der Waals surface area contributed by atoms with E-state index >= 15 is 0 Å². The minimum absolute atomic E-state index is 0.167. The van der Waals surface area contributed by atoms with Gasteiger partial charge < -0.3 is 15.4 Å². The average Bonchev–Trinajstić information content (AvgIpc) is 3.06. The molecule has 3 N–H and O–H groups in total. The number of carbonyl (C=O) groups excluding carboxylic acids is 1. The van der Waals surface area contributed by atoms with Crippen molar-refractivity contribution in [3.8, 4) is 0 Å². The summed E-state index contributed by atoms with van der Waals surface area (Å²) in [7, 11) is 0. The predicted octanol–water partition coefficient (Wildman–Crippen LogP) is 3.85. The molecule has 1 amide bonds. The Morgan fingerprint density at radius 2 is 1.96 bits per heavy atom. The van der Waals surface area contributed by atoms with Crippen LogP contribution in [0.2, 0.25) is 0 Å². The average molecular weight is 387 g/mol. The van der Waals surface area contributed by atoms with Gasteiger partial charge in [0, 0.05) is 15.7 Å². The van der Waals surface area contributed by atoms with Crippen molar-refractivity contribution in [3.63, 3.8) is 0 Å². The summed E-state index contributed by atoms with van der Waals surface area (Å²) >= 11 is 3.40. The minimum Gasteiger partial charge on any atom is -0.477 e. The summed E-state index contributed by atoms with van der Waals surface area (Å²) in [6.45, 7) is 0. The van der Waals surface area contributed by atoms with Gasteiger partial charge in [-0.3, -0.25) is 4.79 Å². The number of halogens is 1. The Balaban J connectivity index is 1.85. The number of nitrogens with one attached hydrogen (secondary N) is 2. The molecule has 1 aromatic heterocycles. The van der Waals surface area contributed by atoms with Crippen molar-refractivity contribution in [2.45, 2.75) is 25.7 Å². The topological polar surface area (TPSA) is 82.2 Å². The van der Waals surface area contributed by atoms with Crippen LogP contribution in [0.3, 0.4) is 0 Å². The molecule has 0 saturated heterocycles. The van der Waals surface area contributed by atoms with Crippen LogP contribution in [0.15, 0.2) is 22.7 Å². The standard InChI is InChI=1S/C18H15BrN2O3/c19-9-5-6-11-13(17(22)21-14(11)7-9)8-15-10-3-1-2-4-12(10)16(20-15)18(23)24/h5-8,20H,1-4H2,(H,21,22)(H,23,24)/b13-8-. The Kier molecular flexibility index (Phi) is 3.57. The van der Waals surface area contributed by atoms with Gasteiger partial charge in [0.1, 0.15) is 5.69 Å². The van der Waals surface area contributed by atoms with E-state index in [1.807, 2.05) is 18.2 Å². The van der Waals surface area contributed by atoms with Crippen molar-refractivity contribution in [1.29, 1.82) is 0 Å². The quantitative estimate of drug-likeness (QED) is 0.685. The number of aromatic amines is 1. The fourth-order valence-corrected chi connectivity index (χ4v) is 3.89. The number of aromatic carboxylic acids is 1. The first-order valence-electron chi connectivity index (χ1n) is 7.84. The zero-order valence-corrected chi connectivity index (χ0v) is 14.4. The maximum Gasteiger partial charge on any atom is 0.352 e. The number of aromatic nitrogens is 1. The molecule has 0 spiro atoms. The van der Waals surface area contributed by atoms with E-state index in [9.17, 15) is 14.7 Å². The number of hydrogen-bond donors (Lipinski definition) is 3. The van der Waals surface area contributed by atoms with E-state index < -0.39 is 5.97 Å². The summed E-state index contributed by atoms with van der Waals surface area (Å²) in [6, 6.07) is 5.64. The van der Waals surface area contributed by atoms with E-state index in [-0.39, 0.29) is 11.6 Å². The van der Waals surface area contributed by atoms with Crippen LogP contribution in [0.25, 0.3) is 11.6 Å². The molecule has 2 aliphatic rings. The fourth-order valence-electron chi connectivity index (χ4n) is 3.52. The molecule has 1 aliphatic heterocycles. The molecule has 6 heteroatoms. The zero-order chi connectivity index (χ0) is 16.8. The fraction of sp³-hybridized carbons (Fsp3) is 0.222. The SMILES string of the molecule is O=C1Nc2cc(Br)ccc2/C1=C/c1[nH]c(C(=O)O)c2c1CCCC2. The van der Waals surface area contributed by atoms with Crippen LogP contribution in [-0.4, -0.2) is 22.0 Å². The Morgan fingerprint density at radius 3 is 2.71 bits per heavy atom. The van der Waals surface area contributed by atoms with Crippen molar-refractivity contribution in [2.24, 2.45) is 0 Å². The van der Waals surface area contributed by atoms with E-state index in [4.69, 9.17) is 0 Å². The number of rotatable bonds is 2. The number of benzene rings is 1. The van der Waals surface area contributed by atoms with Crippen LogP contribution in [-0.2, 0) is 17.6 Å². The summed E-state index contributed by atoms with van der Waals surface area (Å²) in [6.07, 6.45) is 5.43. The van der Waals surface area contributed by atoms with E-state index in [0.29, 0.717) is 5.57 Å². The molecular formula is C18H15BrN2O3. The summed E-state index contributed by atoms with van der Waals surface area (Å²) in [5.41, 5.74) is 5.07. The second-order valence-electron chi connectivity index (χ2n) is 6.09. The Labute approximate surface area is 146 Å². The van der Waals surface area contributed by atoms with Gasteiger partial charge in [-0.25, -0.2) is 4.79 Å². The molecule has 24 heavy (non-hydrogen) atoms. The summed E-state index contributed by atoms with van der Waals surface area (Å²) < 4.78 is 0.896. The van der Waals surface area contributed by atoms with Crippen molar-refractivity contribution in [2.75, 3.05) is 5.32 Å². The maximum atomic E-state index is 12.3. The molecule has 4 rings (SSSR count). The summed E-state index contributed by atoms with van der Waals surface area (Å²) in [4.78, 5) is 26.8. The van der Waals surface area contributed by atoms with Crippen LogP contribution in [0, 0.1) is 0 Å². The first-order valence-corrected chi connectivity index (χ1v) is 8.64. The zero-order valence-electron chi connectivity index (χ0n) is 12.8. The number of hydrogen-bond acceptors (Lipinski definition) is 2. The number of amides is 1. The molecule has 1 aliphatic carbocycles. The molecule has 0 bridgehead atoms. The summed E-state index contributed by atoms with van der Waals surface area (Å²) in [5.74, 6) is -1.11. The van der Waals surface area contributed by atoms with Crippen molar-refractivity contribution >= 4 is 45.1 Å². The highest BCUT2D eigenvalue weighted by atomic mass is 79.9. The lowest BCUT2D eigenvalue weighted by molar-refractivity contribution is -0.110. The third-order valence-corrected chi connectivity index (χ3v) is 5.11. The van der Waals surface area contributed by atoms with Crippen LogP contribution < -0.4 is 5.32 Å². The van der Waals surface area contributed by atoms with E-state index in [0.717, 1.165) is 58.2 Å². The van der Waals surface area contributed by atoms with Gasteiger partial charge in [0.2, 0.25) is 0 Å². The van der Waals surface area contributed by atoms with Gasteiger partial charge in [-0.15, -0.1) is 0 Å². The molecule has 1 aromatic carbocycles. The van der Waals surface area contributed by atoms with Crippen molar-refractivity contribution < 1.29 is 14.7 Å². The van der Waals surface area contributed by atoms with E-state index in [1.165, 1.54) is 0 Å². The third-order valence-electron chi connectivity index (χ3n) is 4.62. The number of fused-ring (bicyclic) bond motifs is 2. The normalized spacial score (nSPS) is 17.5. The number of anilines is 1. The van der Waals surface area contributed by atoms with Crippen LogP contribution in [0.5, 0.6) is 0 Å². The number of carbonyl (C=O) groups is 2. The molecule has 122 valence electrons. The van der Waals surface area contributed by atoms with Gasteiger partial charge >= 0.3 is 5.97 Å². The Bertz CT molecular complexity index is 911. The van der Waals surface area contributed by atoms with Gasteiger partial charge in [-0.2, -0.15) is 0 Å². The predicted molar refractivity (Wildman–Crippen MR) is 95.0 cm³/mol. The molecule has 0 fully saturated rings. The van der Waals surface area contributed by atoms with E-state index in [2.05, 4.69) is 26.2 Å². The Morgan fingerprint density at radius 1 is 1.21 bits per heavy atom. The highest BCUT2D eigenvalue weighted by molar-refractivity contribution is 9.10. The van der Waals surface area contributed by atoms with Gasteiger partial charge in [-0.1, -0.05) is 22.0 Å². The van der Waals surface area contributed by atoms with Crippen molar-refractivity contribution in [3.05, 3.63) is 50.8 Å². The molecule has 2 aromatic rings. The molecule has 0 atom stereocenters. The summed E-state index contributed by atoms with van der Waals surface area (Å²) in [5, 5.41) is 12.3. The first-order chi connectivity index (χ1) is 11.5. The first kappa shape index (κ1) is 15.2. The van der Waals surface area contributed by atoms with Gasteiger partial charge in [0.15, 0.2) is 0 Å². The van der Waals surface area contributed by atoms with Gasteiger partial charge in [0.05, 0.1) is 11.3 Å². The van der Waals surface area contributed by atoms with E-state index in [1.54, 1.807) is 6.08 Å².